The zero-order chi connectivity index (χ0) is 21.7. The van der Waals surface area contributed by atoms with Crippen molar-refractivity contribution in [1.82, 2.24) is 18.7 Å². The van der Waals surface area contributed by atoms with Gasteiger partial charge in [0, 0.05) is 30.8 Å². The smallest absolute Gasteiger partial charge is 0.312 e. The van der Waals surface area contributed by atoms with E-state index in [1.54, 1.807) is 7.05 Å². The fourth-order valence-electron chi connectivity index (χ4n) is 4.25. The standard InChI is InChI=1S/C23H22ClN5O2/c1-15-12-27(18-10-8-17(24)9-11-18)22-25-20-19(28(22)13-15)21(30)29(23(31)26(20)2)14-16-6-4-3-5-7-16/h3-11,15H,12-14H2,1-2H3. The van der Waals surface area contributed by atoms with Gasteiger partial charge < -0.3 is 9.47 Å². The van der Waals surface area contributed by atoms with Crippen molar-refractivity contribution in [1.29, 1.82) is 0 Å². The minimum atomic E-state index is -0.372. The molecule has 0 N–H and O–H groups in total. The van der Waals surface area contributed by atoms with E-state index >= 15 is 0 Å². The lowest BCUT2D eigenvalue weighted by atomic mass is 10.1. The van der Waals surface area contributed by atoms with E-state index in [4.69, 9.17) is 16.6 Å². The normalized spacial score (nSPS) is 16.0. The Morgan fingerprint density at radius 1 is 1.03 bits per heavy atom. The molecule has 7 nitrogen and oxygen atoms in total. The van der Waals surface area contributed by atoms with Crippen molar-refractivity contribution in [2.24, 2.45) is 13.0 Å². The van der Waals surface area contributed by atoms with Crippen LogP contribution in [0, 0.1) is 5.92 Å². The first-order valence-electron chi connectivity index (χ1n) is 10.2. The Labute approximate surface area is 183 Å². The summed E-state index contributed by atoms with van der Waals surface area (Å²) in [5, 5.41) is 0.661. The predicted octanol–water partition coefficient (Wildman–Crippen LogP) is 3.39. The van der Waals surface area contributed by atoms with Crippen molar-refractivity contribution in [2.45, 2.75) is 20.0 Å². The molecule has 0 spiro atoms. The maximum atomic E-state index is 13.5. The third-order valence-corrected chi connectivity index (χ3v) is 6.02. The first kappa shape index (κ1) is 19.6. The van der Waals surface area contributed by atoms with E-state index < -0.39 is 0 Å². The van der Waals surface area contributed by atoms with Gasteiger partial charge >= 0.3 is 5.69 Å². The third-order valence-electron chi connectivity index (χ3n) is 5.76. The molecule has 1 aliphatic rings. The molecule has 3 heterocycles. The van der Waals surface area contributed by atoms with Crippen molar-refractivity contribution in [2.75, 3.05) is 11.4 Å². The number of aromatic nitrogens is 4. The lowest BCUT2D eigenvalue weighted by Gasteiger charge is -2.33. The molecule has 31 heavy (non-hydrogen) atoms. The number of hydrogen-bond donors (Lipinski definition) is 0. The fourth-order valence-corrected chi connectivity index (χ4v) is 4.38. The summed E-state index contributed by atoms with van der Waals surface area (Å²) < 4.78 is 4.70. The zero-order valence-corrected chi connectivity index (χ0v) is 18.1. The van der Waals surface area contributed by atoms with E-state index in [2.05, 4.69) is 11.8 Å². The van der Waals surface area contributed by atoms with Gasteiger partial charge in [-0.25, -0.2) is 4.79 Å². The summed E-state index contributed by atoms with van der Waals surface area (Å²) in [5.41, 5.74) is 2.02. The maximum absolute atomic E-state index is 13.5. The van der Waals surface area contributed by atoms with Crippen LogP contribution in [0.2, 0.25) is 5.02 Å². The Hall–Kier alpha value is -3.32. The molecule has 0 bridgehead atoms. The molecule has 0 saturated heterocycles. The lowest BCUT2D eigenvalue weighted by Crippen LogP contribution is -2.40. The molecule has 0 amide bonds. The minimum Gasteiger partial charge on any atom is -0.312 e. The fraction of sp³-hybridized carbons (Fsp3) is 0.261. The summed E-state index contributed by atoms with van der Waals surface area (Å²) in [6.45, 7) is 3.78. The van der Waals surface area contributed by atoms with Gasteiger partial charge in [-0.2, -0.15) is 4.98 Å². The Morgan fingerprint density at radius 3 is 2.45 bits per heavy atom. The zero-order valence-electron chi connectivity index (χ0n) is 17.3. The van der Waals surface area contributed by atoms with E-state index in [-0.39, 0.29) is 17.8 Å². The van der Waals surface area contributed by atoms with Crippen molar-refractivity contribution in [3.63, 3.8) is 0 Å². The highest BCUT2D eigenvalue weighted by atomic mass is 35.5. The molecule has 0 saturated carbocycles. The molecule has 0 fully saturated rings. The van der Waals surface area contributed by atoms with Crippen molar-refractivity contribution in [3.05, 3.63) is 86.0 Å². The first-order chi connectivity index (χ1) is 14.9. The number of nitrogens with zero attached hydrogens (tertiary/aromatic N) is 5. The summed E-state index contributed by atoms with van der Waals surface area (Å²) in [6, 6.07) is 17.1. The van der Waals surface area contributed by atoms with Crippen LogP contribution in [0.4, 0.5) is 11.6 Å². The van der Waals surface area contributed by atoms with Gasteiger partial charge in [0.25, 0.3) is 5.56 Å². The molecule has 1 aliphatic heterocycles. The second-order valence-electron chi connectivity index (χ2n) is 8.11. The molecular formula is C23H22ClN5O2. The Bertz CT molecular complexity index is 1390. The molecule has 8 heteroatoms. The van der Waals surface area contributed by atoms with E-state index in [0.29, 0.717) is 34.6 Å². The second-order valence-corrected chi connectivity index (χ2v) is 8.54. The highest BCUT2D eigenvalue weighted by molar-refractivity contribution is 6.30. The maximum Gasteiger partial charge on any atom is 0.332 e. The van der Waals surface area contributed by atoms with E-state index in [9.17, 15) is 9.59 Å². The number of halogens is 1. The minimum absolute atomic E-state index is 0.221. The van der Waals surface area contributed by atoms with Gasteiger partial charge in [0.2, 0.25) is 5.95 Å². The van der Waals surface area contributed by atoms with Crippen LogP contribution in [0.3, 0.4) is 0 Å². The molecule has 0 aliphatic carbocycles. The monoisotopic (exact) mass is 435 g/mol. The number of rotatable bonds is 3. The molecule has 1 atom stereocenters. The molecule has 2 aromatic carbocycles. The van der Waals surface area contributed by atoms with Crippen LogP contribution < -0.4 is 16.1 Å². The molecule has 5 rings (SSSR count). The largest absolute Gasteiger partial charge is 0.332 e. The molecule has 1 unspecified atom stereocenters. The summed E-state index contributed by atoms with van der Waals surface area (Å²) in [6.07, 6.45) is 0. The SMILES string of the molecule is CC1CN(c2ccc(Cl)cc2)c2nc3c(c(=O)n(Cc4ccccc4)c(=O)n3C)n2C1. The van der Waals surface area contributed by atoms with Gasteiger partial charge in [-0.05, 0) is 35.7 Å². The van der Waals surface area contributed by atoms with Crippen LogP contribution in [0.15, 0.2) is 64.2 Å². The van der Waals surface area contributed by atoms with Gasteiger partial charge in [0.05, 0.1) is 6.54 Å². The van der Waals surface area contributed by atoms with Gasteiger partial charge in [-0.1, -0.05) is 48.9 Å². The molecule has 158 valence electrons. The number of imidazole rings is 1. The van der Waals surface area contributed by atoms with E-state index in [0.717, 1.165) is 17.8 Å². The summed E-state index contributed by atoms with van der Waals surface area (Å²) >= 11 is 6.07. The molecule has 2 aromatic heterocycles. The van der Waals surface area contributed by atoms with E-state index in [1.807, 2.05) is 59.2 Å². The Morgan fingerprint density at radius 2 is 1.74 bits per heavy atom. The third kappa shape index (κ3) is 3.25. The highest BCUT2D eigenvalue weighted by Crippen LogP contribution is 2.33. The first-order valence-corrected chi connectivity index (χ1v) is 10.6. The van der Waals surface area contributed by atoms with E-state index in [1.165, 1.54) is 9.13 Å². The summed E-state index contributed by atoms with van der Waals surface area (Å²) in [7, 11) is 1.67. The average molecular weight is 436 g/mol. The van der Waals surface area contributed by atoms with Crippen LogP contribution in [0.25, 0.3) is 11.2 Å². The van der Waals surface area contributed by atoms with Gasteiger partial charge in [0.15, 0.2) is 11.2 Å². The number of benzene rings is 2. The molecule has 4 aromatic rings. The van der Waals surface area contributed by atoms with Crippen molar-refractivity contribution in [3.8, 4) is 0 Å². The average Bonchev–Trinajstić information content (AvgIpc) is 3.15. The highest BCUT2D eigenvalue weighted by Gasteiger charge is 2.29. The number of anilines is 2. The number of hydrogen-bond acceptors (Lipinski definition) is 4. The van der Waals surface area contributed by atoms with Gasteiger partial charge in [0.1, 0.15) is 0 Å². The Balaban J connectivity index is 1.73. The predicted molar refractivity (Wildman–Crippen MR) is 122 cm³/mol. The summed E-state index contributed by atoms with van der Waals surface area (Å²) in [4.78, 5) is 33.3. The van der Waals surface area contributed by atoms with Crippen LogP contribution in [0.5, 0.6) is 0 Å². The molecular weight excluding hydrogens is 414 g/mol. The van der Waals surface area contributed by atoms with Gasteiger partial charge in [-0.15, -0.1) is 0 Å². The van der Waals surface area contributed by atoms with Crippen LogP contribution in [0.1, 0.15) is 12.5 Å². The quantitative estimate of drug-likeness (QED) is 0.495. The lowest BCUT2D eigenvalue weighted by molar-refractivity contribution is 0.458. The second kappa shape index (κ2) is 7.42. The Kier molecular flexibility index (Phi) is 4.70. The summed E-state index contributed by atoms with van der Waals surface area (Å²) in [5.74, 6) is 0.958. The van der Waals surface area contributed by atoms with Crippen LogP contribution in [-0.2, 0) is 20.1 Å². The number of fused-ring (bicyclic) bond motifs is 3. The molecule has 0 radical (unpaired) electrons. The number of aryl methyl sites for hydroxylation is 1. The topological polar surface area (TPSA) is 65.1 Å². The van der Waals surface area contributed by atoms with Crippen molar-refractivity contribution < 1.29 is 0 Å². The van der Waals surface area contributed by atoms with Gasteiger partial charge in [-0.3, -0.25) is 13.9 Å². The van der Waals surface area contributed by atoms with Crippen molar-refractivity contribution >= 4 is 34.4 Å². The van der Waals surface area contributed by atoms with Crippen LogP contribution >= 0.6 is 11.6 Å². The van der Waals surface area contributed by atoms with Crippen LogP contribution in [-0.4, -0.2) is 25.2 Å².